The minimum atomic E-state index is -0.597. The molecule has 0 spiro atoms. The van der Waals surface area contributed by atoms with Crippen LogP contribution in [0.4, 0.5) is 4.39 Å². The van der Waals surface area contributed by atoms with Crippen LogP contribution in [0.1, 0.15) is 5.56 Å². The molecule has 0 unspecified atom stereocenters. The molecular formula is C7H6BrFO. The van der Waals surface area contributed by atoms with Gasteiger partial charge in [-0.05, 0) is 34.5 Å². The third-order valence-electron chi connectivity index (χ3n) is 1.27. The molecule has 1 aromatic carbocycles. The van der Waals surface area contributed by atoms with Crippen LogP contribution in [0, 0.1) is 12.7 Å². The molecular weight excluding hydrogens is 199 g/mol. The lowest BCUT2D eigenvalue weighted by Gasteiger charge is -1.99. The maximum Gasteiger partial charge on any atom is 0.179 e. The molecule has 10 heavy (non-hydrogen) atoms. The van der Waals surface area contributed by atoms with Crippen molar-refractivity contribution >= 4 is 15.9 Å². The Morgan fingerprint density at radius 3 is 2.60 bits per heavy atom. The largest absolute Gasteiger partial charge is 0.505 e. The molecule has 0 fully saturated rings. The second-order valence-corrected chi connectivity index (χ2v) is 2.88. The van der Waals surface area contributed by atoms with Crippen LogP contribution in [0.3, 0.4) is 0 Å². The topological polar surface area (TPSA) is 20.2 Å². The highest BCUT2D eigenvalue weighted by Crippen LogP contribution is 2.26. The van der Waals surface area contributed by atoms with Gasteiger partial charge in [-0.25, -0.2) is 4.39 Å². The van der Waals surface area contributed by atoms with Crippen molar-refractivity contribution in [3.05, 3.63) is 28.0 Å². The van der Waals surface area contributed by atoms with E-state index in [1.54, 1.807) is 19.1 Å². The van der Waals surface area contributed by atoms with Crippen LogP contribution in [-0.4, -0.2) is 5.11 Å². The quantitative estimate of drug-likeness (QED) is 0.690. The van der Waals surface area contributed by atoms with Crippen LogP contribution >= 0.6 is 15.9 Å². The van der Waals surface area contributed by atoms with Gasteiger partial charge >= 0.3 is 0 Å². The Labute approximate surface area is 66.6 Å². The molecule has 0 amide bonds. The molecule has 0 bridgehead atoms. The smallest absolute Gasteiger partial charge is 0.179 e. The zero-order valence-electron chi connectivity index (χ0n) is 5.36. The SMILES string of the molecule is Cc1ccc(Br)c(F)c1O. The normalized spacial score (nSPS) is 9.90. The van der Waals surface area contributed by atoms with Crippen molar-refractivity contribution in [3.63, 3.8) is 0 Å². The maximum atomic E-state index is 12.7. The van der Waals surface area contributed by atoms with Gasteiger partial charge in [-0.1, -0.05) is 6.07 Å². The Morgan fingerprint density at radius 1 is 1.50 bits per heavy atom. The minimum Gasteiger partial charge on any atom is -0.505 e. The van der Waals surface area contributed by atoms with Crippen molar-refractivity contribution in [1.29, 1.82) is 0 Å². The first kappa shape index (κ1) is 7.54. The Kier molecular flexibility index (Phi) is 1.94. The highest BCUT2D eigenvalue weighted by atomic mass is 79.9. The number of rotatable bonds is 0. The lowest BCUT2D eigenvalue weighted by atomic mass is 10.2. The van der Waals surface area contributed by atoms with E-state index in [0.717, 1.165) is 0 Å². The van der Waals surface area contributed by atoms with Crippen LogP contribution in [0.15, 0.2) is 16.6 Å². The van der Waals surface area contributed by atoms with Gasteiger partial charge in [0.25, 0.3) is 0 Å². The molecule has 0 aliphatic heterocycles. The van der Waals surface area contributed by atoms with E-state index >= 15 is 0 Å². The fraction of sp³-hybridized carbons (Fsp3) is 0.143. The van der Waals surface area contributed by atoms with Gasteiger partial charge in [0.15, 0.2) is 11.6 Å². The Morgan fingerprint density at radius 2 is 2.10 bits per heavy atom. The number of halogens is 2. The molecule has 1 N–H and O–H groups in total. The Hall–Kier alpha value is -0.570. The summed E-state index contributed by atoms with van der Waals surface area (Å²) in [6.07, 6.45) is 0. The maximum absolute atomic E-state index is 12.7. The van der Waals surface area contributed by atoms with E-state index in [1.165, 1.54) is 0 Å². The van der Waals surface area contributed by atoms with E-state index in [0.29, 0.717) is 5.56 Å². The van der Waals surface area contributed by atoms with Crippen LogP contribution in [0.2, 0.25) is 0 Å². The van der Waals surface area contributed by atoms with E-state index in [2.05, 4.69) is 15.9 Å². The first-order valence-corrected chi connectivity index (χ1v) is 3.56. The number of aryl methyl sites for hydroxylation is 1. The molecule has 0 heterocycles. The number of hydrogen-bond donors (Lipinski definition) is 1. The van der Waals surface area contributed by atoms with E-state index in [9.17, 15) is 4.39 Å². The predicted octanol–water partition coefficient (Wildman–Crippen LogP) is 2.60. The number of phenols is 1. The number of hydrogen-bond acceptors (Lipinski definition) is 1. The zero-order valence-corrected chi connectivity index (χ0v) is 6.94. The summed E-state index contributed by atoms with van der Waals surface area (Å²) in [5, 5.41) is 8.98. The van der Waals surface area contributed by atoms with E-state index < -0.39 is 5.82 Å². The predicted molar refractivity (Wildman–Crippen MR) is 40.5 cm³/mol. The summed E-state index contributed by atoms with van der Waals surface area (Å²) < 4.78 is 13.0. The van der Waals surface area contributed by atoms with Gasteiger partial charge in [0.2, 0.25) is 0 Å². The van der Waals surface area contributed by atoms with Gasteiger partial charge < -0.3 is 5.11 Å². The van der Waals surface area contributed by atoms with Crippen LogP contribution < -0.4 is 0 Å². The molecule has 1 nitrogen and oxygen atoms in total. The van der Waals surface area contributed by atoms with Gasteiger partial charge in [-0.3, -0.25) is 0 Å². The molecule has 3 heteroatoms. The Balaban J connectivity index is 3.34. The fourth-order valence-corrected chi connectivity index (χ4v) is 0.956. The van der Waals surface area contributed by atoms with E-state index in [-0.39, 0.29) is 10.2 Å². The lowest BCUT2D eigenvalue weighted by Crippen LogP contribution is -1.81. The van der Waals surface area contributed by atoms with E-state index in [4.69, 9.17) is 5.11 Å². The highest BCUT2D eigenvalue weighted by molar-refractivity contribution is 9.10. The molecule has 0 aliphatic carbocycles. The lowest BCUT2D eigenvalue weighted by molar-refractivity contribution is 0.426. The zero-order chi connectivity index (χ0) is 7.72. The van der Waals surface area contributed by atoms with Crippen LogP contribution in [-0.2, 0) is 0 Å². The Bertz CT molecular complexity index is 233. The summed E-state index contributed by atoms with van der Waals surface area (Å²) in [6, 6.07) is 3.20. The first-order chi connectivity index (χ1) is 4.63. The number of phenolic OH excluding ortho intramolecular Hbond substituents is 1. The van der Waals surface area contributed by atoms with Crippen molar-refractivity contribution in [2.24, 2.45) is 0 Å². The van der Waals surface area contributed by atoms with Crippen molar-refractivity contribution < 1.29 is 9.50 Å². The van der Waals surface area contributed by atoms with Gasteiger partial charge in [-0.15, -0.1) is 0 Å². The molecule has 1 rings (SSSR count). The summed E-state index contributed by atoms with van der Waals surface area (Å²) in [5.41, 5.74) is 0.542. The van der Waals surface area contributed by atoms with Gasteiger partial charge in [0, 0.05) is 0 Å². The molecule has 0 atom stereocenters. The molecule has 0 radical (unpaired) electrons. The fourth-order valence-electron chi connectivity index (χ4n) is 0.636. The third kappa shape index (κ3) is 1.14. The summed E-state index contributed by atoms with van der Waals surface area (Å²) in [7, 11) is 0. The van der Waals surface area contributed by atoms with Crippen LogP contribution in [0.5, 0.6) is 5.75 Å². The first-order valence-electron chi connectivity index (χ1n) is 2.76. The third-order valence-corrected chi connectivity index (χ3v) is 1.88. The summed E-state index contributed by atoms with van der Waals surface area (Å²) in [6.45, 7) is 1.64. The monoisotopic (exact) mass is 204 g/mol. The summed E-state index contributed by atoms with van der Waals surface area (Å²) in [4.78, 5) is 0. The molecule has 0 saturated carbocycles. The molecule has 0 saturated heterocycles. The van der Waals surface area contributed by atoms with E-state index in [1.807, 2.05) is 0 Å². The average molecular weight is 205 g/mol. The second kappa shape index (κ2) is 2.58. The van der Waals surface area contributed by atoms with Crippen molar-refractivity contribution in [2.45, 2.75) is 6.92 Å². The molecule has 54 valence electrons. The average Bonchev–Trinajstić information content (AvgIpc) is 1.93. The standard InChI is InChI=1S/C7H6BrFO/c1-4-2-3-5(8)6(9)7(4)10/h2-3,10H,1H3. The molecule has 1 aromatic rings. The van der Waals surface area contributed by atoms with Gasteiger partial charge in [0.05, 0.1) is 4.47 Å². The van der Waals surface area contributed by atoms with Crippen molar-refractivity contribution in [2.75, 3.05) is 0 Å². The van der Waals surface area contributed by atoms with Crippen LogP contribution in [0.25, 0.3) is 0 Å². The van der Waals surface area contributed by atoms with Crippen molar-refractivity contribution in [1.82, 2.24) is 0 Å². The minimum absolute atomic E-state index is 0.283. The highest BCUT2D eigenvalue weighted by Gasteiger charge is 2.06. The van der Waals surface area contributed by atoms with Gasteiger partial charge in [-0.2, -0.15) is 0 Å². The van der Waals surface area contributed by atoms with Gasteiger partial charge in [0.1, 0.15) is 0 Å². The number of aromatic hydroxyl groups is 1. The molecule has 0 aliphatic rings. The summed E-state index contributed by atoms with van der Waals surface area (Å²) in [5.74, 6) is -0.880. The second-order valence-electron chi connectivity index (χ2n) is 2.03. The molecule has 0 aromatic heterocycles. The number of benzene rings is 1. The van der Waals surface area contributed by atoms with Crippen molar-refractivity contribution in [3.8, 4) is 5.75 Å². The summed E-state index contributed by atoms with van der Waals surface area (Å²) >= 11 is 2.95.